The number of aliphatic hydroxyl groups excluding tert-OH is 1. The zero-order valence-electron chi connectivity index (χ0n) is 16.6. The van der Waals surface area contributed by atoms with Crippen molar-refractivity contribution in [2.75, 3.05) is 13.7 Å². The highest BCUT2D eigenvalue weighted by molar-refractivity contribution is 5.92. The normalized spacial score (nSPS) is 25.2. The lowest BCUT2D eigenvalue weighted by Gasteiger charge is -2.50. The zero-order chi connectivity index (χ0) is 20.2. The first-order valence-electron chi connectivity index (χ1n) is 9.57. The fraction of sp³-hybridized carbons (Fsp3) is 0.476. The molecule has 0 radical (unpaired) electrons. The Morgan fingerprint density at radius 2 is 2.11 bits per heavy atom. The molecule has 3 aliphatic rings. The van der Waals surface area contributed by atoms with E-state index in [0.717, 1.165) is 29.7 Å². The summed E-state index contributed by atoms with van der Waals surface area (Å²) in [4.78, 5) is 12.3. The van der Waals surface area contributed by atoms with E-state index < -0.39 is 12.1 Å². The minimum absolute atomic E-state index is 0.0499. The van der Waals surface area contributed by atoms with Crippen molar-refractivity contribution in [1.82, 2.24) is 10.0 Å². The van der Waals surface area contributed by atoms with Gasteiger partial charge in [0.05, 0.1) is 31.0 Å². The van der Waals surface area contributed by atoms with E-state index >= 15 is 0 Å². The summed E-state index contributed by atoms with van der Waals surface area (Å²) in [5.74, 6) is -0.0491. The van der Waals surface area contributed by atoms with Crippen LogP contribution in [0, 0.1) is 0 Å². The number of phenolic OH excluding ortho intramolecular Hbond substituents is 1. The number of aliphatic hydroxyl groups is 1. The van der Waals surface area contributed by atoms with Gasteiger partial charge in [0.25, 0.3) is 0 Å². The van der Waals surface area contributed by atoms with Crippen LogP contribution in [0.4, 0.5) is 0 Å². The molecule has 0 saturated carbocycles. The number of hydrogen-bond donors (Lipinski definition) is 2. The molecule has 2 atom stereocenters. The molecule has 3 aliphatic heterocycles. The Morgan fingerprint density at radius 3 is 2.79 bits per heavy atom. The molecular weight excluding hydrogens is 360 g/mol. The minimum Gasteiger partial charge on any atom is -0.504 e. The number of phenols is 1. The summed E-state index contributed by atoms with van der Waals surface area (Å²) in [5, 5.41) is 25.1. The van der Waals surface area contributed by atoms with Gasteiger partial charge >= 0.3 is 5.97 Å². The molecule has 3 heterocycles. The maximum Gasteiger partial charge on any atom is 0.338 e. The Hall–Kier alpha value is -2.51. The number of nitrogens with zero attached hydrogens (tertiary/aromatic N) is 2. The third-order valence-electron chi connectivity index (χ3n) is 5.82. The van der Waals surface area contributed by atoms with Crippen LogP contribution in [0.5, 0.6) is 11.5 Å². The van der Waals surface area contributed by atoms with E-state index in [1.807, 2.05) is 5.01 Å². The molecular formula is C21H26N2O5. The zero-order valence-corrected chi connectivity index (χ0v) is 16.6. The van der Waals surface area contributed by atoms with Crippen molar-refractivity contribution in [2.24, 2.45) is 0 Å². The van der Waals surface area contributed by atoms with Crippen molar-refractivity contribution < 1.29 is 24.5 Å². The van der Waals surface area contributed by atoms with Crippen LogP contribution in [0.15, 0.2) is 30.0 Å². The highest BCUT2D eigenvalue weighted by atomic mass is 16.5. The van der Waals surface area contributed by atoms with Crippen LogP contribution in [0.2, 0.25) is 0 Å². The topological polar surface area (TPSA) is 82.5 Å². The second kappa shape index (κ2) is 6.53. The number of ether oxygens (including phenoxy) is 2. The summed E-state index contributed by atoms with van der Waals surface area (Å²) in [6.45, 7) is 6.30. The van der Waals surface area contributed by atoms with Crippen molar-refractivity contribution in [3.05, 3.63) is 41.1 Å². The van der Waals surface area contributed by atoms with Crippen LogP contribution in [0.1, 0.15) is 50.8 Å². The second-order valence-electron chi connectivity index (χ2n) is 7.97. The number of methoxy groups -OCH3 is 1. The second-order valence-corrected chi connectivity index (χ2v) is 7.97. The molecule has 0 bridgehead atoms. The van der Waals surface area contributed by atoms with Crippen molar-refractivity contribution in [3.8, 4) is 11.5 Å². The Balaban J connectivity index is 1.89. The van der Waals surface area contributed by atoms with Gasteiger partial charge in [0.2, 0.25) is 0 Å². The Labute approximate surface area is 164 Å². The quantitative estimate of drug-likeness (QED) is 0.773. The number of rotatable bonds is 3. The van der Waals surface area contributed by atoms with E-state index in [0.29, 0.717) is 5.75 Å². The van der Waals surface area contributed by atoms with Crippen molar-refractivity contribution in [1.29, 1.82) is 0 Å². The summed E-state index contributed by atoms with van der Waals surface area (Å²) in [6, 6.07) is 3.60. The Bertz CT molecular complexity index is 889. The van der Waals surface area contributed by atoms with Crippen LogP contribution in [0.3, 0.4) is 0 Å². The highest BCUT2D eigenvalue weighted by Crippen LogP contribution is 2.53. The largest absolute Gasteiger partial charge is 0.504 e. The molecule has 28 heavy (non-hydrogen) atoms. The molecule has 1 fully saturated rings. The van der Waals surface area contributed by atoms with Crippen LogP contribution in [0.25, 0.3) is 5.70 Å². The number of fused-ring (bicyclic) bond motifs is 6. The summed E-state index contributed by atoms with van der Waals surface area (Å²) >= 11 is 0. The molecule has 0 amide bonds. The minimum atomic E-state index is -1.07. The average Bonchev–Trinajstić information content (AvgIpc) is 2.97. The maximum atomic E-state index is 12.3. The Kier molecular flexibility index (Phi) is 4.39. The van der Waals surface area contributed by atoms with E-state index in [2.05, 4.69) is 18.9 Å². The number of hydrazine groups is 1. The van der Waals surface area contributed by atoms with Gasteiger partial charge in [-0.25, -0.2) is 9.80 Å². The van der Waals surface area contributed by atoms with Crippen molar-refractivity contribution in [2.45, 2.75) is 51.3 Å². The van der Waals surface area contributed by atoms with Crippen LogP contribution >= 0.6 is 0 Å². The molecule has 0 aliphatic carbocycles. The molecule has 7 heteroatoms. The van der Waals surface area contributed by atoms with E-state index in [4.69, 9.17) is 9.47 Å². The number of benzene rings is 1. The summed E-state index contributed by atoms with van der Waals surface area (Å²) < 4.78 is 10.4. The van der Waals surface area contributed by atoms with Crippen LogP contribution in [-0.4, -0.2) is 51.6 Å². The molecule has 150 valence electrons. The van der Waals surface area contributed by atoms with Gasteiger partial charge in [-0.1, -0.05) is 0 Å². The average molecular weight is 386 g/mol. The van der Waals surface area contributed by atoms with Gasteiger partial charge in [-0.15, -0.1) is 0 Å². The molecule has 1 aromatic rings. The van der Waals surface area contributed by atoms with Gasteiger partial charge in [0.1, 0.15) is 6.10 Å². The van der Waals surface area contributed by atoms with Gasteiger partial charge < -0.3 is 19.7 Å². The first-order valence-corrected chi connectivity index (χ1v) is 9.57. The number of carbonyl (C=O) groups excluding carboxylic acids is 1. The van der Waals surface area contributed by atoms with Gasteiger partial charge in [0, 0.05) is 17.3 Å². The molecule has 0 spiro atoms. The third kappa shape index (κ3) is 2.69. The fourth-order valence-electron chi connectivity index (χ4n) is 4.50. The number of carbonyl (C=O) groups is 1. The van der Waals surface area contributed by atoms with Gasteiger partial charge in [-0.05, 0) is 57.4 Å². The van der Waals surface area contributed by atoms with E-state index in [1.54, 1.807) is 31.3 Å². The highest BCUT2D eigenvalue weighted by Gasteiger charge is 2.49. The van der Waals surface area contributed by atoms with E-state index in [9.17, 15) is 15.0 Å². The lowest BCUT2D eigenvalue weighted by Crippen LogP contribution is -2.52. The molecule has 2 N–H and O–H groups in total. The van der Waals surface area contributed by atoms with Crippen LogP contribution in [-0.2, 0) is 9.53 Å². The lowest BCUT2D eigenvalue weighted by atomic mass is 9.91. The predicted molar refractivity (Wildman–Crippen MR) is 103 cm³/mol. The third-order valence-corrected chi connectivity index (χ3v) is 5.82. The van der Waals surface area contributed by atoms with Gasteiger partial charge in [0.15, 0.2) is 11.5 Å². The van der Waals surface area contributed by atoms with Crippen molar-refractivity contribution in [3.63, 3.8) is 0 Å². The monoisotopic (exact) mass is 386 g/mol. The van der Waals surface area contributed by atoms with Crippen molar-refractivity contribution >= 4 is 11.7 Å². The smallest absolute Gasteiger partial charge is 0.338 e. The summed E-state index contributed by atoms with van der Waals surface area (Å²) in [5.41, 5.74) is 2.69. The number of aromatic hydroxyl groups is 1. The molecule has 0 aromatic heterocycles. The van der Waals surface area contributed by atoms with E-state index in [-0.39, 0.29) is 29.5 Å². The predicted octanol–water partition coefficient (Wildman–Crippen LogP) is 2.71. The molecule has 1 unspecified atom stereocenters. The lowest BCUT2D eigenvalue weighted by molar-refractivity contribution is -0.139. The van der Waals surface area contributed by atoms with Gasteiger partial charge in [-0.3, -0.25) is 5.01 Å². The fourth-order valence-corrected chi connectivity index (χ4v) is 4.50. The summed E-state index contributed by atoms with van der Waals surface area (Å²) in [7, 11) is 1.51. The Morgan fingerprint density at radius 1 is 1.36 bits per heavy atom. The first kappa shape index (κ1) is 18.8. The molecule has 7 nitrogen and oxygen atoms in total. The van der Waals surface area contributed by atoms with Crippen LogP contribution < -0.4 is 4.74 Å². The maximum absolute atomic E-state index is 12.3. The summed E-state index contributed by atoms with van der Waals surface area (Å²) in [6.07, 6.45) is 4.15. The van der Waals surface area contributed by atoms with E-state index in [1.165, 1.54) is 7.11 Å². The molecule has 1 aromatic carbocycles. The number of hydrogen-bond acceptors (Lipinski definition) is 7. The first-order chi connectivity index (χ1) is 13.3. The number of esters is 1. The standard InChI is InChI=1S/C21H26N2O5/c1-5-28-20(26)14-11-22-16(10-17(14)24)13-9-19(27-4)18(25)8-12(13)15-6-7-21(2,3)23(15)22/h8-11,15,17,24-25H,5-7H2,1-4H3/t15-,17?/m1/s1. The van der Waals surface area contributed by atoms with Gasteiger partial charge in [-0.2, -0.15) is 0 Å². The molecule has 1 saturated heterocycles. The SMILES string of the molecule is CCOC(=O)C1=CN2C(=CC1O)c1cc(OC)c(O)cc1[C@H]1CCC(C)(C)N12. The molecule has 4 rings (SSSR count).